The van der Waals surface area contributed by atoms with Gasteiger partial charge >= 0.3 is 0 Å². The first kappa shape index (κ1) is 16.7. The summed E-state index contributed by atoms with van der Waals surface area (Å²) in [6, 6.07) is 8.26. The smallest absolute Gasteiger partial charge is 0.268 e. The predicted octanol–water partition coefficient (Wildman–Crippen LogP) is 4.22. The van der Waals surface area contributed by atoms with Crippen LogP contribution in [0.25, 0.3) is 0 Å². The third kappa shape index (κ3) is 2.00. The summed E-state index contributed by atoms with van der Waals surface area (Å²) < 4.78 is 5.59. The molecule has 3 aliphatic carbocycles. The molecule has 26 heavy (non-hydrogen) atoms. The van der Waals surface area contributed by atoms with Crippen molar-refractivity contribution in [2.75, 3.05) is 12.1 Å². The molecule has 0 N–H and O–H groups in total. The van der Waals surface area contributed by atoms with Crippen molar-refractivity contribution in [1.82, 2.24) is 5.01 Å². The van der Waals surface area contributed by atoms with Gasteiger partial charge in [-0.05, 0) is 75.8 Å². The number of rotatable bonds is 3. The van der Waals surface area contributed by atoms with Gasteiger partial charge in [-0.2, -0.15) is 0 Å². The molecule has 140 valence electrons. The number of methoxy groups -OCH3 is 1. The summed E-state index contributed by atoms with van der Waals surface area (Å²) in [5.41, 5.74) is 0.435. The quantitative estimate of drug-likeness (QED) is 0.742. The fourth-order valence-corrected chi connectivity index (χ4v) is 6.88. The summed E-state index contributed by atoms with van der Waals surface area (Å²) in [5.74, 6) is 2.99. The minimum atomic E-state index is -0.541. The predicted molar refractivity (Wildman–Crippen MR) is 102 cm³/mol. The van der Waals surface area contributed by atoms with Crippen molar-refractivity contribution in [2.24, 2.45) is 17.8 Å². The number of hydrazine groups is 1. The number of alkyl halides is 1. The highest BCUT2D eigenvalue weighted by Gasteiger charge is 2.64. The molecule has 3 saturated carbocycles. The first-order chi connectivity index (χ1) is 12.4. The highest BCUT2D eigenvalue weighted by molar-refractivity contribution is 6.25. The molecule has 0 aromatic heterocycles. The van der Waals surface area contributed by atoms with Gasteiger partial charge < -0.3 is 4.74 Å². The van der Waals surface area contributed by atoms with Crippen LogP contribution in [-0.2, 0) is 4.79 Å². The van der Waals surface area contributed by atoms with Gasteiger partial charge in [0.25, 0.3) is 5.91 Å². The molecule has 0 spiro atoms. The maximum absolute atomic E-state index is 13.1. The van der Waals surface area contributed by atoms with Crippen molar-refractivity contribution >= 4 is 23.2 Å². The Hall–Kier alpha value is -1.42. The topological polar surface area (TPSA) is 32.8 Å². The molecule has 5 heteroatoms. The molecule has 1 amide bonds. The maximum atomic E-state index is 13.1. The van der Waals surface area contributed by atoms with E-state index in [0.717, 1.165) is 30.2 Å². The van der Waals surface area contributed by atoms with Crippen LogP contribution in [0.3, 0.4) is 0 Å². The molecule has 2 bridgehead atoms. The van der Waals surface area contributed by atoms with E-state index in [2.05, 4.69) is 11.1 Å². The Morgan fingerprint density at radius 3 is 2.65 bits per heavy atom. The summed E-state index contributed by atoms with van der Waals surface area (Å²) in [5, 5.41) is 4.21. The minimum Gasteiger partial charge on any atom is -0.495 e. The van der Waals surface area contributed by atoms with E-state index in [1.54, 1.807) is 7.11 Å². The Morgan fingerprint density at radius 2 is 1.88 bits per heavy atom. The van der Waals surface area contributed by atoms with Gasteiger partial charge in [-0.1, -0.05) is 12.1 Å². The third-order valence-corrected chi connectivity index (χ3v) is 8.06. The molecule has 1 saturated heterocycles. The number of nitrogens with zero attached hydrogens (tertiary/aromatic N) is 2. The summed E-state index contributed by atoms with van der Waals surface area (Å²) in [6.45, 7) is 4.01. The summed E-state index contributed by atoms with van der Waals surface area (Å²) in [7, 11) is 1.69. The number of carbonyl (C=O) groups is 1. The fraction of sp³-hybridized carbons (Fsp3) is 0.667. The van der Waals surface area contributed by atoms with Crippen molar-refractivity contribution < 1.29 is 9.53 Å². The number of amides is 1. The van der Waals surface area contributed by atoms with Gasteiger partial charge in [0.2, 0.25) is 0 Å². The van der Waals surface area contributed by atoms with E-state index in [1.165, 1.54) is 19.3 Å². The van der Waals surface area contributed by atoms with E-state index in [-0.39, 0.29) is 16.8 Å². The summed E-state index contributed by atoms with van der Waals surface area (Å²) in [4.78, 5) is 13.2. The Kier molecular flexibility index (Phi) is 3.42. The second-order valence-electron chi connectivity index (χ2n) is 9.14. The average molecular weight is 375 g/mol. The van der Waals surface area contributed by atoms with E-state index in [9.17, 15) is 4.79 Å². The molecule has 4 aliphatic rings. The van der Waals surface area contributed by atoms with Crippen LogP contribution in [0.15, 0.2) is 24.3 Å². The highest BCUT2D eigenvalue weighted by Crippen LogP contribution is 2.65. The van der Waals surface area contributed by atoms with E-state index < -0.39 is 5.54 Å². The maximum Gasteiger partial charge on any atom is 0.268 e. The Morgan fingerprint density at radius 1 is 1.15 bits per heavy atom. The SMILES string of the molecule is COc1ccccc1N1N([C@H]2CCC3C[C@@]4(Cl)CC2CC34)C(=O)C1(C)C. The van der Waals surface area contributed by atoms with E-state index in [0.29, 0.717) is 11.8 Å². The van der Waals surface area contributed by atoms with Gasteiger partial charge in [0.1, 0.15) is 17.0 Å². The molecule has 1 aromatic carbocycles. The number of fused-ring (bicyclic) bond motifs is 1. The minimum absolute atomic E-state index is 0.0205. The molecule has 1 aromatic rings. The number of halogens is 1. The van der Waals surface area contributed by atoms with Crippen molar-refractivity contribution in [3.63, 3.8) is 0 Å². The zero-order valence-corrected chi connectivity index (χ0v) is 16.5. The zero-order valence-electron chi connectivity index (χ0n) is 15.7. The van der Waals surface area contributed by atoms with Gasteiger partial charge in [0.15, 0.2) is 0 Å². The Balaban J connectivity index is 1.50. The van der Waals surface area contributed by atoms with Crippen LogP contribution in [0, 0.1) is 17.8 Å². The molecule has 1 heterocycles. The van der Waals surface area contributed by atoms with Crippen LogP contribution < -0.4 is 9.75 Å². The number of para-hydroxylation sites is 2. The first-order valence-corrected chi connectivity index (χ1v) is 10.2. The lowest BCUT2D eigenvalue weighted by atomic mass is 9.64. The van der Waals surface area contributed by atoms with Crippen LogP contribution in [0.1, 0.15) is 46.0 Å². The van der Waals surface area contributed by atoms with E-state index in [4.69, 9.17) is 16.3 Å². The highest BCUT2D eigenvalue weighted by atomic mass is 35.5. The fourth-order valence-electron chi connectivity index (χ4n) is 6.22. The average Bonchev–Trinajstić information content (AvgIpc) is 2.78. The summed E-state index contributed by atoms with van der Waals surface area (Å²) in [6.07, 6.45) is 5.71. The number of carbonyl (C=O) groups excluding carboxylic acids is 1. The largest absolute Gasteiger partial charge is 0.495 e. The first-order valence-electron chi connectivity index (χ1n) is 9.82. The van der Waals surface area contributed by atoms with Crippen LogP contribution in [-0.4, -0.2) is 34.5 Å². The van der Waals surface area contributed by atoms with Crippen molar-refractivity contribution in [3.8, 4) is 5.75 Å². The lowest BCUT2D eigenvalue weighted by molar-refractivity contribution is -0.158. The second-order valence-corrected chi connectivity index (χ2v) is 9.90. The summed E-state index contributed by atoms with van der Waals surface area (Å²) >= 11 is 6.89. The van der Waals surface area contributed by atoms with Crippen molar-refractivity contribution in [2.45, 2.75) is 62.4 Å². The molecule has 5 atom stereocenters. The van der Waals surface area contributed by atoms with Crippen LogP contribution in [0.5, 0.6) is 5.75 Å². The number of anilines is 1. The normalized spacial score (nSPS) is 39.9. The molecular formula is C21H27ClN2O2. The lowest BCUT2D eigenvalue weighted by Gasteiger charge is -2.60. The molecule has 1 aliphatic heterocycles. The Labute approximate surface area is 160 Å². The van der Waals surface area contributed by atoms with E-state index >= 15 is 0 Å². The van der Waals surface area contributed by atoms with Crippen LogP contribution in [0.2, 0.25) is 0 Å². The lowest BCUT2D eigenvalue weighted by Crippen LogP contribution is -2.78. The number of benzene rings is 1. The molecule has 0 radical (unpaired) electrons. The monoisotopic (exact) mass is 374 g/mol. The number of ether oxygens (including phenoxy) is 1. The molecule has 4 fully saturated rings. The molecule has 4 nitrogen and oxygen atoms in total. The van der Waals surface area contributed by atoms with Gasteiger partial charge in [0.05, 0.1) is 13.2 Å². The Bertz CT molecular complexity index is 766. The molecule has 3 unspecified atom stereocenters. The van der Waals surface area contributed by atoms with Gasteiger partial charge in [-0.25, -0.2) is 5.01 Å². The van der Waals surface area contributed by atoms with Gasteiger partial charge in [-0.3, -0.25) is 9.80 Å². The number of hydrogen-bond donors (Lipinski definition) is 0. The number of hydrogen-bond acceptors (Lipinski definition) is 3. The second kappa shape index (κ2) is 5.31. The van der Waals surface area contributed by atoms with Crippen molar-refractivity contribution in [3.05, 3.63) is 24.3 Å². The van der Waals surface area contributed by atoms with Crippen LogP contribution >= 0.6 is 11.6 Å². The van der Waals surface area contributed by atoms with E-state index in [1.807, 2.05) is 37.1 Å². The van der Waals surface area contributed by atoms with Crippen LogP contribution in [0.4, 0.5) is 5.69 Å². The molecule has 5 rings (SSSR count). The van der Waals surface area contributed by atoms with Gasteiger partial charge in [0, 0.05) is 4.87 Å². The third-order valence-electron chi connectivity index (χ3n) is 7.47. The zero-order chi connectivity index (χ0) is 18.3. The molecular weight excluding hydrogens is 348 g/mol. The standard InChI is InChI=1S/C21H27ClN2O2/c1-20(2)19(25)23(24(20)17-6-4-5-7-18(17)26-3)16-9-8-13-11-21(22)12-14(16)10-15(13)21/h4-7,13-16H,8-12H2,1-3H3/t13?,14?,15?,16-,21+/m0/s1. The van der Waals surface area contributed by atoms with Gasteiger partial charge in [-0.15, -0.1) is 11.6 Å². The van der Waals surface area contributed by atoms with Crippen molar-refractivity contribution in [1.29, 1.82) is 0 Å².